The van der Waals surface area contributed by atoms with Crippen LogP contribution in [0.15, 0.2) is 94.5 Å². The van der Waals surface area contributed by atoms with Gasteiger partial charge in [-0.1, -0.05) is 63.9 Å². The Kier molecular flexibility index (Phi) is 8.89. The van der Waals surface area contributed by atoms with Crippen molar-refractivity contribution in [3.05, 3.63) is 111 Å². The number of esters is 2. The highest BCUT2D eigenvalue weighted by molar-refractivity contribution is 9.10. The van der Waals surface area contributed by atoms with Gasteiger partial charge in [0.25, 0.3) is 5.91 Å². The summed E-state index contributed by atoms with van der Waals surface area (Å²) in [4.78, 5) is 40.8. The highest BCUT2D eigenvalue weighted by Crippen LogP contribution is 2.36. The van der Waals surface area contributed by atoms with Crippen LogP contribution in [0.25, 0.3) is 22.0 Å². The second-order valence-corrected chi connectivity index (χ2v) is 10.5. The normalized spacial score (nSPS) is 11.0. The first kappa shape index (κ1) is 29.6. The van der Waals surface area contributed by atoms with Crippen molar-refractivity contribution in [2.75, 3.05) is 7.11 Å². The molecule has 0 fully saturated rings. The number of carbonyl (C=O) groups excluding carboxylic acids is 3. The van der Waals surface area contributed by atoms with Gasteiger partial charge in [0.1, 0.15) is 11.4 Å². The SMILES string of the molecule is COc1cc(C(=O)Oc2ccc(Br)cc2C=NNC(=O)c2[nH]c3ccccc3c2-c2ccccc2Cl)ccc1OC(C)=O. The number of fused-ring (bicyclic) bond motifs is 1. The minimum absolute atomic E-state index is 0.165. The molecule has 216 valence electrons. The van der Waals surface area contributed by atoms with Gasteiger partial charge in [0.05, 0.1) is 18.9 Å². The molecule has 0 spiro atoms. The lowest BCUT2D eigenvalue weighted by Crippen LogP contribution is -2.19. The van der Waals surface area contributed by atoms with Crippen LogP contribution in [0.1, 0.15) is 33.3 Å². The van der Waals surface area contributed by atoms with Gasteiger partial charge in [0, 0.05) is 44.0 Å². The zero-order chi connectivity index (χ0) is 30.5. The molecular weight excluding hydrogens is 638 g/mol. The summed E-state index contributed by atoms with van der Waals surface area (Å²) in [7, 11) is 1.39. The molecule has 1 heterocycles. The molecule has 4 aromatic carbocycles. The standard InChI is InChI=1S/C32H23BrClN3O6/c1-18(38)42-27-13-11-19(16-28(27)41-2)32(40)43-26-14-12-21(33)15-20(26)17-35-37-31(39)30-29(22-7-3-5-9-24(22)34)23-8-4-6-10-25(23)36-30/h3-17,36H,1-2H3,(H,37,39). The number of benzene rings is 4. The van der Waals surface area contributed by atoms with E-state index in [0.29, 0.717) is 31.9 Å². The summed E-state index contributed by atoms with van der Waals surface area (Å²) < 4.78 is 16.7. The fraction of sp³-hybridized carbons (Fsp3) is 0.0625. The minimum Gasteiger partial charge on any atom is -0.493 e. The Labute approximate surface area is 259 Å². The summed E-state index contributed by atoms with van der Waals surface area (Å²) >= 11 is 9.90. The Morgan fingerprint density at radius 3 is 2.42 bits per heavy atom. The lowest BCUT2D eigenvalue weighted by Gasteiger charge is -2.11. The molecular formula is C32H23BrClN3O6. The number of rotatable bonds is 8. The Balaban J connectivity index is 1.38. The number of hydrogen-bond donors (Lipinski definition) is 2. The van der Waals surface area contributed by atoms with E-state index in [1.165, 1.54) is 38.4 Å². The van der Waals surface area contributed by atoms with E-state index in [9.17, 15) is 14.4 Å². The summed E-state index contributed by atoms with van der Waals surface area (Å²) in [6.07, 6.45) is 1.37. The highest BCUT2D eigenvalue weighted by Gasteiger charge is 2.21. The van der Waals surface area contributed by atoms with Gasteiger partial charge in [-0.3, -0.25) is 9.59 Å². The molecule has 2 N–H and O–H groups in total. The lowest BCUT2D eigenvalue weighted by atomic mass is 10.0. The van der Waals surface area contributed by atoms with E-state index >= 15 is 0 Å². The van der Waals surface area contributed by atoms with Crippen LogP contribution in [-0.2, 0) is 4.79 Å². The first-order chi connectivity index (χ1) is 20.7. The molecule has 0 atom stereocenters. The van der Waals surface area contributed by atoms with Gasteiger partial charge >= 0.3 is 11.9 Å². The number of methoxy groups -OCH3 is 1. The quantitative estimate of drug-likeness (QED) is 0.0789. The fourth-order valence-corrected chi connectivity index (χ4v) is 4.99. The van der Waals surface area contributed by atoms with E-state index in [2.05, 4.69) is 31.4 Å². The zero-order valence-electron chi connectivity index (χ0n) is 22.8. The van der Waals surface area contributed by atoms with Crippen LogP contribution in [0.2, 0.25) is 5.02 Å². The van der Waals surface area contributed by atoms with Crippen LogP contribution in [0.4, 0.5) is 0 Å². The molecule has 0 unspecified atom stereocenters. The average molecular weight is 661 g/mol. The first-order valence-electron chi connectivity index (χ1n) is 12.8. The van der Waals surface area contributed by atoms with E-state index in [0.717, 1.165) is 10.9 Å². The average Bonchev–Trinajstić information content (AvgIpc) is 3.38. The van der Waals surface area contributed by atoms with E-state index < -0.39 is 17.8 Å². The van der Waals surface area contributed by atoms with Crippen molar-refractivity contribution in [2.45, 2.75) is 6.92 Å². The number of para-hydroxylation sites is 1. The van der Waals surface area contributed by atoms with Crippen LogP contribution in [-0.4, -0.2) is 36.2 Å². The van der Waals surface area contributed by atoms with Gasteiger partial charge in [-0.2, -0.15) is 5.10 Å². The molecule has 1 amide bonds. The molecule has 9 nitrogen and oxygen atoms in total. The molecule has 11 heteroatoms. The highest BCUT2D eigenvalue weighted by atomic mass is 79.9. The second-order valence-electron chi connectivity index (χ2n) is 9.13. The third kappa shape index (κ3) is 6.61. The molecule has 0 aliphatic carbocycles. The van der Waals surface area contributed by atoms with Crippen molar-refractivity contribution in [3.8, 4) is 28.4 Å². The van der Waals surface area contributed by atoms with Crippen LogP contribution in [0.5, 0.6) is 17.2 Å². The van der Waals surface area contributed by atoms with Gasteiger partial charge in [-0.25, -0.2) is 10.2 Å². The van der Waals surface area contributed by atoms with Gasteiger partial charge in [0.15, 0.2) is 11.5 Å². The Bertz CT molecular complexity index is 1900. The van der Waals surface area contributed by atoms with Gasteiger partial charge in [0.2, 0.25) is 0 Å². The predicted octanol–water partition coefficient (Wildman–Crippen LogP) is 7.17. The molecule has 0 saturated carbocycles. The molecule has 43 heavy (non-hydrogen) atoms. The second kappa shape index (κ2) is 12.9. The fourth-order valence-electron chi connectivity index (χ4n) is 4.38. The van der Waals surface area contributed by atoms with E-state index in [-0.39, 0.29) is 22.8 Å². The molecule has 0 aliphatic heterocycles. The zero-order valence-corrected chi connectivity index (χ0v) is 25.2. The van der Waals surface area contributed by atoms with E-state index in [1.807, 2.05) is 42.5 Å². The Morgan fingerprint density at radius 2 is 1.65 bits per heavy atom. The van der Waals surface area contributed by atoms with Gasteiger partial charge < -0.3 is 19.2 Å². The number of nitrogens with one attached hydrogen (secondary N) is 2. The summed E-state index contributed by atoms with van der Waals surface area (Å²) in [6.45, 7) is 1.26. The van der Waals surface area contributed by atoms with E-state index in [1.54, 1.807) is 24.3 Å². The van der Waals surface area contributed by atoms with Crippen molar-refractivity contribution in [3.63, 3.8) is 0 Å². The molecule has 0 bridgehead atoms. The summed E-state index contributed by atoms with van der Waals surface area (Å²) in [6, 6.07) is 24.1. The lowest BCUT2D eigenvalue weighted by molar-refractivity contribution is -0.132. The number of halogens is 2. The van der Waals surface area contributed by atoms with Crippen molar-refractivity contribution in [2.24, 2.45) is 5.10 Å². The topological polar surface area (TPSA) is 119 Å². The number of carbonyl (C=O) groups is 3. The number of nitrogens with zero attached hydrogens (tertiary/aromatic N) is 1. The van der Waals surface area contributed by atoms with Crippen molar-refractivity contribution in [1.29, 1.82) is 0 Å². The number of H-pyrrole nitrogens is 1. The molecule has 0 saturated heterocycles. The van der Waals surface area contributed by atoms with Gasteiger partial charge in [-0.15, -0.1) is 0 Å². The maximum atomic E-state index is 13.3. The summed E-state index contributed by atoms with van der Waals surface area (Å²) in [5.74, 6) is -1.14. The molecule has 1 aromatic heterocycles. The van der Waals surface area contributed by atoms with Crippen LogP contribution in [0, 0.1) is 0 Å². The third-order valence-corrected chi connectivity index (χ3v) is 7.10. The predicted molar refractivity (Wildman–Crippen MR) is 167 cm³/mol. The molecule has 0 radical (unpaired) electrons. The first-order valence-corrected chi connectivity index (χ1v) is 14.0. The Morgan fingerprint density at radius 1 is 0.907 bits per heavy atom. The molecule has 5 aromatic rings. The van der Waals surface area contributed by atoms with Crippen molar-refractivity contribution >= 4 is 62.5 Å². The van der Waals surface area contributed by atoms with Crippen molar-refractivity contribution in [1.82, 2.24) is 10.4 Å². The van der Waals surface area contributed by atoms with Crippen molar-refractivity contribution < 1.29 is 28.6 Å². The Hall–Kier alpha value is -4.93. The number of hydrazone groups is 1. The smallest absolute Gasteiger partial charge is 0.343 e. The van der Waals surface area contributed by atoms with Crippen LogP contribution < -0.4 is 19.6 Å². The number of amides is 1. The third-order valence-electron chi connectivity index (χ3n) is 6.27. The van der Waals surface area contributed by atoms with Crippen LogP contribution >= 0.6 is 27.5 Å². The van der Waals surface area contributed by atoms with E-state index in [4.69, 9.17) is 25.8 Å². The number of ether oxygens (including phenoxy) is 3. The maximum absolute atomic E-state index is 13.3. The number of hydrogen-bond acceptors (Lipinski definition) is 7. The van der Waals surface area contributed by atoms with Crippen LogP contribution in [0.3, 0.4) is 0 Å². The summed E-state index contributed by atoms with van der Waals surface area (Å²) in [5.41, 5.74) is 5.54. The largest absolute Gasteiger partial charge is 0.493 e. The number of aromatic nitrogens is 1. The maximum Gasteiger partial charge on any atom is 0.343 e. The molecule has 5 rings (SSSR count). The number of aromatic amines is 1. The summed E-state index contributed by atoms with van der Waals surface area (Å²) in [5, 5.41) is 5.48. The monoisotopic (exact) mass is 659 g/mol. The minimum atomic E-state index is -0.684. The molecule has 0 aliphatic rings. The van der Waals surface area contributed by atoms with Gasteiger partial charge in [-0.05, 0) is 48.5 Å².